The summed E-state index contributed by atoms with van der Waals surface area (Å²) in [7, 11) is 0. The summed E-state index contributed by atoms with van der Waals surface area (Å²) in [5, 5.41) is 10.9. The highest BCUT2D eigenvalue weighted by Crippen LogP contribution is 2.26. The topological polar surface area (TPSA) is 56.3 Å². The van der Waals surface area contributed by atoms with Gasteiger partial charge in [0.1, 0.15) is 5.82 Å². The molecule has 0 spiro atoms. The van der Waals surface area contributed by atoms with Crippen LogP contribution in [-0.4, -0.2) is 29.3 Å². The number of pyridine rings is 1. The van der Waals surface area contributed by atoms with Crippen LogP contribution in [0.4, 0.5) is 5.82 Å². The van der Waals surface area contributed by atoms with E-state index in [2.05, 4.69) is 9.88 Å². The number of aromatic nitrogens is 1. The van der Waals surface area contributed by atoms with E-state index >= 15 is 0 Å². The van der Waals surface area contributed by atoms with Gasteiger partial charge in [-0.25, -0.2) is 0 Å². The lowest BCUT2D eigenvalue weighted by Crippen LogP contribution is -2.41. The van der Waals surface area contributed by atoms with Gasteiger partial charge < -0.3 is 15.0 Å². The van der Waals surface area contributed by atoms with Crippen molar-refractivity contribution in [3.63, 3.8) is 0 Å². The summed E-state index contributed by atoms with van der Waals surface area (Å²) in [5.41, 5.74) is -0.0357. The van der Waals surface area contributed by atoms with Gasteiger partial charge >= 0.3 is 0 Å². The van der Waals surface area contributed by atoms with E-state index < -0.39 is 0 Å². The molecule has 2 N–H and O–H groups in total. The van der Waals surface area contributed by atoms with Crippen molar-refractivity contribution in [2.75, 3.05) is 18.1 Å². The van der Waals surface area contributed by atoms with E-state index in [1.807, 2.05) is 30.3 Å². The van der Waals surface area contributed by atoms with E-state index in [9.17, 15) is 9.90 Å². The predicted octanol–water partition coefficient (Wildman–Crippen LogP) is 2.27. The Balaban J connectivity index is 2.02. The number of aliphatic hydroxyl groups is 1. The molecule has 3 rings (SSSR count). The number of nitrogens with one attached hydrogen (secondary N) is 1. The number of fused-ring (bicyclic) bond motifs is 1. The number of aromatic amines is 1. The van der Waals surface area contributed by atoms with Gasteiger partial charge in [0, 0.05) is 24.6 Å². The van der Waals surface area contributed by atoms with Crippen LogP contribution in [0.15, 0.2) is 35.1 Å². The van der Waals surface area contributed by atoms with Crippen molar-refractivity contribution >= 4 is 16.6 Å². The minimum Gasteiger partial charge on any atom is -0.396 e. The maximum Gasteiger partial charge on any atom is 0.257 e. The molecule has 2 aromatic rings. The number of hydrogen-bond donors (Lipinski definition) is 2. The molecule has 0 amide bonds. The lowest BCUT2D eigenvalue weighted by Gasteiger charge is -2.37. The third-order valence-corrected chi connectivity index (χ3v) is 4.14. The molecule has 4 nitrogen and oxygen atoms in total. The third kappa shape index (κ3) is 2.43. The van der Waals surface area contributed by atoms with Crippen LogP contribution in [-0.2, 0) is 0 Å². The molecule has 0 bridgehead atoms. The zero-order valence-electron chi connectivity index (χ0n) is 11.5. The van der Waals surface area contributed by atoms with Gasteiger partial charge in [0.2, 0.25) is 0 Å². The van der Waals surface area contributed by atoms with E-state index in [0.29, 0.717) is 6.04 Å². The molecule has 1 aromatic heterocycles. The average Bonchev–Trinajstić information content (AvgIpc) is 2.48. The van der Waals surface area contributed by atoms with Gasteiger partial charge in [-0.15, -0.1) is 0 Å². The molecule has 1 aromatic carbocycles. The molecule has 1 fully saturated rings. The molecule has 4 heteroatoms. The number of rotatable bonds is 3. The predicted molar refractivity (Wildman–Crippen MR) is 81.3 cm³/mol. The molecule has 0 radical (unpaired) electrons. The molecular weight excluding hydrogens is 252 g/mol. The molecular formula is C16H20N2O2. The molecule has 0 aliphatic carbocycles. The van der Waals surface area contributed by atoms with Crippen LogP contribution in [0.1, 0.15) is 25.7 Å². The zero-order chi connectivity index (χ0) is 13.9. The molecule has 1 unspecified atom stereocenters. The minimum atomic E-state index is -0.0357. The number of hydrogen-bond acceptors (Lipinski definition) is 3. The van der Waals surface area contributed by atoms with Crippen LogP contribution in [0.3, 0.4) is 0 Å². The maximum absolute atomic E-state index is 12.2. The second-order valence-electron chi connectivity index (χ2n) is 5.43. The Labute approximate surface area is 118 Å². The summed E-state index contributed by atoms with van der Waals surface area (Å²) in [6.45, 7) is 1.14. The number of nitrogens with zero attached hydrogens (tertiary/aromatic N) is 1. The molecule has 106 valence electrons. The molecule has 20 heavy (non-hydrogen) atoms. The summed E-state index contributed by atoms with van der Waals surface area (Å²) in [6.07, 6.45) is 4.17. The summed E-state index contributed by atoms with van der Waals surface area (Å²) in [4.78, 5) is 17.4. The number of H-pyrrole nitrogens is 1. The normalized spacial score (nSPS) is 19.4. The van der Waals surface area contributed by atoms with E-state index in [1.54, 1.807) is 0 Å². The van der Waals surface area contributed by atoms with Gasteiger partial charge in [0.15, 0.2) is 0 Å². The van der Waals surface area contributed by atoms with Crippen molar-refractivity contribution < 1.29 is 5.11 Å². The number of anilines is 1. The Morgan fingerprint density at radius 1 is 1.30 bits per heavy atom. The van der Waals surface area contributed by atoms with Crippen molar-refractivity contribution in [3.05, 3.63) is 40.7 Å². The number of aliphatic hydroxyl groups excluding tert-OH is 1. The average molecular weight is 272 g/mol. The molecule has 1 saturated heterocycles. The second kappa shape index (κ2) is 5.67. The third-order valence-electron chi connectivity index (χ3n) is 4.14. The van der Waals surface area contributed by atoms with Gasteiger partial charge in [0.25, 0.3) is 5.56 Å². The van der Waals surface area contributed by atoms with Crippen molar-refractivity contribution in [1.82, 2.24) is 4.98 Å². The van der Waals surface area contributed by atoms with Crippen molar-refractivity contribution in [1.29, 1.82) is 0 Å². The van der Waals surface area contributed by atoms with Gasteiger partial charge in [-0.05, 0) is 43.2 Å². The molecule has 2 heterocycles. The summed E-state index contributed by atoms with van der Waals surface area (Å²) < 4.78 is 0. The fourth-order valence-electron chi connectivity index (χ4n) is 3.12. The van der Waals surface area contributed by atoms with Gasteiger partial charge in [0.05, 0.1) is 0 Å². The monoisotopic (exact) mass is 272 g/mol. The molecule has 1 aliphatic rings. The van der Waals surface area contributed by atoms with Crippen LogP contribution < -0.4 is 10.5 Å². The minimum absolute atomic E-state index is 0.0357. The molecule has 1 aliphatic heterocycles. The Kier molecular flexibility index (Phi) is 3.74. The Hall–Kier alpha value is -1.81. The van der Waals surface area contributed by atoms with E-state index in [4.69, 9.17) is 0 Å². The first kappa shape index (κ1) is 13.2. The van der Waals surface area contributed by atoms with Crippen LogP contribution in [0.25, 0.3) is 10.8 Å². The van der Waals surface area contributed by atoms with E-state index in [0.717, 1.165) is 42.4 Å². The van der Waals surface area contributed by atoms with Crippen LogP contribution >= 0.6 is 0 Å². The van der Waals surface area contributed by atoms with Crippen molar-refractivity contribution in [3.8, 4) is 0 Å². The maximum atomic E-state index is 12.2. The lowest BCUT2D eigenvalue weighted by atomic mass is 9.99. The highest BCUT2D eigenvalue weighted by atomic mass is 16.3. The smallest absolute Gasteiger partial charge is 0.257 e. The van der Waals surface area contributed by atoms with Gasteiger partial charge in [-0.3, -0.25) is 4.79 Å². The molecule has 0 saturated carbocycles. The number of benzene rings is 1. The second-order valence-corrected chi connectivity index (χ2v) is 5.43. The fourth-order valence-corrected chi connectivity index (χ4v) is 3.12. The highest BCUT2D eigenvalue weighted by molar-refractivity contribution is 5.83. The Morgan fingerprint density at radius 3 is 3.00 bits per heavy atom. The van der Waals surface area contributed by atoms with E-state index in [1.165, 1.54) is 6.42 Å². The standard InChI is InChI=1S/C16H20N2O2/c19-10-8-13-6-3-4-9-18(13)15-11-12-5-1-2-7-14(12)16(20)17-15/h1-2,5,7,11,13,19H,3-4,6,8-10H2,(H,17,20). The Morgan fingerprint density at radius 2 is 2.15 bits per heavy atom. The first-order valence-corrected chi connectivity index (χ1v) is 7.29. The van der Waals surface area contributed by atoms with E-state index in [-0.39, 0.29) is 12.2 Å². The highest BCUT2D eigenvalue weighted by Gasteiger charge is 2.23. The van der Waals surface area contributed by atoms with Crippen molar-refractivity contribution in [2.24, 2.45) is 0 Å². The summed E-state index contributed by atoms with van der Waals surface area (Å²) in [6, 6.07) is 10.0. The first-order chi connectivity index (χ1) is 9.79. The zero-order valence-corrected chi connectivity index (χ0v) is 11.5. The van der Waals surface area contributed by atoms with Crippen LogP contribution in [0.5, 0.6) is 0 Å². The lowest BCUT2D eigenvalue weighted by molar-refractivity contribution is 0.262. The van der Waals surface area contributed by atoms with Gasteiger partial charge in [-0.1, -0.05) is 18.2 Å². The quantitative estimate of drug-likeness (QED) is 0.901. The number of piperidine rings is 1. The summed E-state index contributed by atoms with van der Waals surface area (Å²) in [5.74, 6) is 0.881. The van der Waals surface area contributed by atoms with Crippen LogP contribution in [0, 0.1) is 0 Å². The SMILES string of the molecule is O=c1[nH]c(N2CCCCC2CCO)cc2ccccc12. The Bertz CT molecular complexity index is 648. The largest absolute Gasteiger partial charge is 0.396 e. The van der Waals surface area contributed by atoms with Gasteiger partial charge in [-0.2, -0.15) is 0 Å². The van der Waals surface area contributed by atoms with Crippen molar-refractivity contribution in [2.45, 2.75) is 31.7 Å². The fraction of sp³-hybridized carbons (Fsp3) is 0.438. The summed E-state index contributed by atoms with van der Waals surface area (Å²) >= 11 is 0. The first-order valence-electron chi connectivity index (χ1n) is 7.29. The molecule has 1 atom stereocenters. The van der Waals surface area contributed by atoms with Crippen LogP contribution in [0.2, 0.25) is 0 Å².